The molecular formula is C14H27N3O4S. The molecule has 2 rings (SSSR count). The highest BCUT2D eigenvalue weighted by atomic mass is 32.2. The lowest BCUT2D eigenvalue weighted by Crippen LogP contribution is -2.54. The van der Waals surface area contributed by atoms with E-state index in [0.717, 1.165) is 19.6 Å². The number of nitrogens with one attached hydrogen (secondary N) is 1. The van der Waals surface area contributed by atoms with E-state index in [9.17, 15) is 13.2 Å². The highest BCUT2D eigenvalue weighted by Gasteiger charge is 2.35. The minimum absolute atomic E-state index is 0.00731. The summed E-state index contributed by atoms with van der Waals surface area (Å²) < 4.78 is 28.5. The summed E-state index contributed by atoms with van der Waals surface area (Å²) in [5.74, 6) is 0.269. The van der Waals surface area contributed by atoms with Gasteiger partial charge >= 0.3 is 0 Å². The Kier molecular flexibility index (Phi) is 6.19. The molecule has 1 N–H and O–H groups in total. The van der Waals surface area contributed by atoms with Crippen molar-refractivity contribution < 1.29 is 17.9 Å². The first-order valence-electron chi connectivity index (χ1n) is 7.86. The second kappa shape index (κ2) is 7.72. The number of piperazine rings is 1. The second-order valence-corrected chi connectivity index (χ2v) is 8.39. The number of ether oxygens (including phenoxy) is 1. The Morgan fingerprint density at radius 1 is 1.45 bits per heavy atom. The maximum Gasteiger partial charge on any atom is 0.237 e. The zero-order valence-electron chi connectivity index (χ0n) is 13.5. The second-order valence-electron chi connectivity index (χ2n) is 6.16. The van der Waals surface area contributed by atoms with Gasteiger partial charge in [0.15, 0.2) is 9.84 Å². The third-order valence-corrected chi connectivity index (χ3v) is 6.23. The molecule has 7 nitrogen and oxygen atoms in total. The van der Waals surface area contributed by atoms with E-state index in [-0.39, 0.29) is 23.5 Å². The molecule has 2 saturated heterocycles. The summed E-state index contributed by atoms with van der Waals surface area (Å²) in [6.07, 6.45) is 0.537. The van der Waals surface area contributed by atoms with Crippen molar-refractivity contribution in [1.29, 1.82) is 0 Å². The fourth-order valence-electron chi connectivity index (χ4n) is 3.10. The van der Waals surface area contributed by atoms with Crippen LogP contribution in [-0.2, 0) is 19.4 Å². The van der Waals surface area contributed by atoms with Crippen LogP contribution in [0.3, 0.4) is 0 Å². The smallest absolute Gasteiger partial charge is 0.237 e. The Morgan fingerprint density at radius 2 is 2.23 bits per heavy atom. The van der Waals surface area contributed by atoms with E-state index in [4.69, 9.17) is 4.74 Å². The van der Waals surface area contributed by atoms with Gasteiger partial charge in [-0.2, -0.15) is 0 Å². The van der Waals surface area contributed by atoms with Crippen molar-refractivity contribution >= 4 is 15.7 Å². The summed E-state index contributed by atoms with van der Waals surface area (Å²) in [5, 5.41) is 3.30. The van der Waals surface area contributed by atoms with Crippen molar-refractivity contribution in [3.63, 3.8) is 0 Å². The highest BCUT2D eigenvalue weighted by Crippen LogP contribution is 2.18. The lowest BCUT2D eigenvalue weighted by Gasteiger charge is -2.36. The third-order valence-electron chi connectivity index (χ3n) is 4.48. The van der Waals surface area contributed by atoms with Gasteiger partial charge in [0.25, 0.3) is 0 Å². The molecule has 0 saturated carbocycles. The van der Waals surface area contributed by atoms with Gasteiger partial charge in [-0.1, -0.05) is 0 Å². The molecule has 0 bridgehead atoms. The molecule has 8 heteroatoms. The molecule has 0 aromatic carbocycles. The normalized spacial score (nSPS) is 28.6. The Labute approximate surface area is 132 Å². The van der Waals surface area contributed by atoms with Gasteiger partial charge in [-0.3, -0.25) is 9.69 Å². The predicted octanol–water partition coefficient (Wildman–Crippen LogP) is -1.06. The van der Waals surface area contributed by atoms with Gasteiger partial charge in [-0.25, -0.2) is 8.42 Å². The number of carbonyl (C=O) groups excluding carboxylic acids is 1. The van der Waals surface area contributed by atoms with Crippen molar-refractivity contribution in [1.82, 2.24) is 15.1 Å². The van der Waals surface area contributed by atoms with Crippen LogP contribution in [0, 0.1) is 0 Å². The van der Waals surface area contributed by atoms with E-state index in [1.807, 2.05) is 0 Å². The molecular weight excluding hydrogens is 306 g/mol. The molecule has 2 fully saturated rings. The lowest BCUT2D eigenvalue weighted by molar-refractivity contribution is -0.135. The minimum Gasteiger partial charge on any atom is -0.383 e. The molecule has 22 heavy (non-hydrogen) atoms. The molecule has 2 heterocycles. The molecule has 1 unspecified atom stereocenters. The van der Waals surface area contributed by atoms with Crippen molar-refractivity contribution in [2.75, 3.05) is 57.9 Å². The van der Waals surface area contributed by atoms with Crippen LogP contribution in [0.15, 0.2) is 0 Å². The van der Waals surface area contributed by atoms with Gasteiger partial charge in [0.05, 0.1) is 24.7 Å². The summed E-state index contributed by atoms with van der Waals surface area (Å²) in [7, 11) is -1.41. The number of carbonyl (C=O) groups is 1. The van der Waals surface area contributed by atoms with E-state index >= 15 is 0 Å². The number of hydrogen-bond acceptors (Lipinski definition) is 6. The maximum absolute atomic E-state index is 12.7. The zero-order valence-corrected chi connectivity index (χ0v) is 14.3. The number of sulfone groups is 1. The molecule has 2 aliphatic rings. The minimum atomic E-state index is -3.00. The number of nitrogens with zero attached hydrogens (tertiary/aromatic N) is 2. The topological polar surface area (TPSA) is 79.0 Å². The van der Waals surface area contributed by atoms with Gasteiger partial charge in [0.2, 0.25) is 5.91 Å². The first-order valence-corrected chi connectivity index (χ1v) is 9.68. The van der Waals surface area contributed by atoms with Crippen LogP contribution in [0.5, 0.6) is 0 Å². The molecule has 2 atom stereocenters. The van der Waals surface area contributed by atoms with E-state index in [2.05, 4.69) is 17.1 Å². The SMILES string of the molecule is COCCN(C(=O)CN1CCNC[C@H]1C)C1CCS(=O)(=O)C1. The molecule has 0 spiro atoms. The highest BCUT2D eigenvalue weighted by molar-refractivity contribution is 7.91. The van der Waals surface area contributed by atoms with Crippen LogP contribution >= 0.6 is 0 Å². The molecule has 0 aromatic heterocycles. The van der Waals surface area contributed by atoms with Gasteiger partial charge < -0.3 is 15.0 Å². The van der Waals surface area contributed by atoms with E-state index in [0.29, 0.717) is 32.2 Å². The predicted molar refractivity (Wildman–Crippen MR) is 84.6 cm³/mol. The van der Waals surface area contributed by atoms with Crippen molar-refractivity contribution in [2.45, 2.75) is 25.4 Å². The summed E-state index contributed by atoms with van der Waals surface area (Å²) in [6.45, 7) is 5.93. The average Bonchev–Trinajstić information content (AvgIpc) is 2.82. The van der Waals surface area contributed by atoms with Crippen molar-refractivity contribution in [3.05, 3.63) is 0 Å². The Morgan fingerprint density at radius 3 is 2.82 bits per heavy atom. The molecule has 0 aromatic rings. The first kappa shape index (κ1) is 17.7. The summed E-state index contributed by atoms with van der Waals surface area (Å²) in [4.78, 5) is 16.5. The number of amides is 1. The maximum atomic E-state index is 12.7. The van der Waals surface area contributed by atoms with Crippen LogP contribution in [0.2, 0.25) is 0 Å². The first-order chi connectivity index (χ1) is 10.4. The van der Waals surface area contributed by atoms with Crippen LogP contribution in [0.1, 0.15) is 13.3 Å². The van der Waals surface area contributed by atoms with Crippen molar-refractivity contribution in [3.8, 4) is 0 Å². The average molecular weight is 333 g/mol. The Bertz CT molecular complexity index is 482. The van der Waals surface area contributed by atoms with E-state index in [1.54, 1.807) is 12.0 Å². The van der Waals surface area contributed by atoms with E-state index in [1.165, 1.54) is 0 Å². The monoisotopic (exact) mass is 333 g/mol. The summed E-state index contributed by atoms with van der Waals surface area (Å²) >= 11 is 0. The van der Waals surface area contributed by atoms with Crippen LogP contribution < -0.4 is 5.32 Å². The summed E-state index contributed by atoms with van der Waals surface area (Å²) in [5.41, 5.74) is 0. The standard InChI is InChI=1S/C14H27N3O4S/c1-12-9-15-4-5-16(12)10-14(18)17(6-7-21-2)13-3-8-22(19,20)11-13/h12-13,15H,3-11H2,1-2H3/t12-,13?/m1/s1. The van der Waals surface area contributed by atoms with Gasteiger partial charge in [0, 0.05) is 45.4 Å². The molecule has 0 radical (unpaired) electrons. The Hall–Kier alpha value is -0.700. The largest absolute Gasteiger partial charge is 0.383 e. The van der Waals surface area contributed by atoms with E-state index < -0.39 is 9.84 Å². The summed E-state index contributed by atoms with van der Waals surface area (Å²) in [6, 6.07) is 0.111. The lowest BCUT2D eigenvalue weighted by atomic mass is 10.2. The van der Waals surface area contributed by atoms with Crippen LogP contribution in [-0.4, -0.2) is 94.2 Å². The number of methoxy groups -OCH3 is 1. The fraction of sp³-hybridized carbons (Fsp3) is 0.929. The molecule has 1 amide bonds. The van der Waals surface area contributed by atoms with Gasteiger partial charge in [-0.15, -0.1) is 0 Å². The van der Waals surface area contributed by atoms with Gasteiger partial charge in [0.1, 0.15) is 0 Å². The number of hydrogen-bond donors (Lipinski definition) is 1. The molecule has 128 valence electrons. The molecule has 2 aliphatic heterocycles. The van der Waals surface area contributed by atoms with Crippen LogP contribution in [0.25, 0.3) is 0 Å². The zero-order chi connectivity index (χ0) is 16.2. The molecule has 0 aliphatic carbocycles. The quantitative estimate of drug-likeness (QED) is 0.668. The van der Waals surface area contributed by atoms with Crippen LogP contribution in [0.4, 0.5) is 0 Å². The number of rotatable bonds is 6. The van der Waals surface area contributed by atoms with Crippen molar-refractivity contribution in [2.24, 2.45) is 0 Å². The fourth-order valence-corrected chi connectivity index (χ4v) is 4.84. The Balaban J connectivity index is 1.99. The van der Waals surface area contributed by atoms with Gasteiger partial charge in [-0.05, 0) is 13.3 Å². The third kappa shape index (κ3) is 4.65.